The van der Waals surface area contributed by atoms with Crippen LogP contribution in [0.2, 0.25) is 0 Å². The van der Waals surface area contributed by atoms with Crippen LogP contribution in [0.1, 0.15) is 27.1 Å². The number of hydrogen-bond donors (Lipinski definition) is 0. The number of halogens is 2. The van der Waals surface area contributed by atoms with Gasteiger partial charge in [0.15, 0.2) is 11.5 Å². The molecule has 2 nitrogen and oxygen atoms in total. The maximum atomic E-state index is 13.6. The molecular weight excluding hydrogens is 335 g/mol. The molecule has 1 unspecified atom stereocenters. The van der Waals surface area contributed by atoms with Crippen molar-refractivity contribution in [1.29, 1.82) is 0 Å². The number of aryl methyl sites for hydroxylation is 2. The van der Waals surface area contributed by atoms with E-state index in [0.29, 0.717) is 11.5 Å². The van der Waals surface area contributed by atoms with E-state index < -0.39 is 0 Å². The Balaban J connectivity index is 2.49. The molecule has 0 radical (unpaired) electrons. The molecule has 0 aromatic heterocycles. The van der Waals surface area contributed by atoms with Crippen molar-refractivity contribution in [3.8, 4) is 11.5 Å². The Kier molecular flexibility index (Phi) is 4.88. The lowest BCUT2D eigenvalue weighted by Crippen LogP contribution is -2.00. The summed E-state index contributed by atoms with van der Waals surface area (Å²) in [5, 5.41) is 0. The lowest BCUT2D eigenvalue weighted by atomic mass is 9.98. The molecule has 0 fully saturated rings. The third-order valence-corrected chi connectivity index (χ3v) is 4.42. The van der Waals surface area contributed by atoms with Gasteiger partial charge in [-0.3, -0.25) is 0 Å². The van der Waals surface area contributed by atoms with Gasteiger partial charge >= 0.3 is 0 Å². The number of hydrogen-bond acceptors (Lipinski definition) is 2. The van der Waals surface area contributed by atoms with Gasteiger partial charge in [0.1, 0.15) is 5.82 Å². The zero-order chi connectivity index (χ0) is 15.6. The van der Waals surface area contributed by atoms with Crippen LogP contribution in [0.5, 0.6) is 11.5 Å². The number of methoxy groups -OCH3 is 2. The normalized spacial score (nSPS) is 12.1. The molecule has 4 heteroatoms. The molecule has 0 saturated heterocycles. The second kappa shape index (κ2) is 6.48. The van der Waals surface area contributed by atoms with E-state index in [9.17, 15) is 4.39 Å². The van der Waals surface area contributed by atoms with Crippen LogP contribution in [0.15, 0.2) is 30.3 Å². The first-order valence-electron chi connectivity index (χ1n) is 6.60. The van der Waals surface area contributed by atoms with Crippen molar-refractivity contribution < 1.29 is 13.9 Å². The highest BCUT2D eigenvalue weighted by Crippen LogP contribution is 2.39. The molecule has 0 aliphatic heterocycles. The molecule has 0 saturated carbocycles. The first-order valence-corrected chi connectivity index (χ1v) is 7.51. The van der Waals surface area contributed by atoms with Gasteiger partial charge in [0.05, 0.1) is 19.0 Å². The van der Waals surface area contributed by atoms with Gasteiger partial charge in [0.25, 0.3) is 0 Å². The minimum absolute atomic E-state index is 0.105. The van der Waals surface area contributed by atoms with Gasteiger partial charge in [-0.15, -0.1) is 0 Å². The Bertz CT molecular complexity index is 635. The molecule has 1 atom stereocenters. The Labute approximate surface area is 133 Å². The highest BCUT2D eigenvalue weighted by Gasteiger charge is 2.17. The fourth-order valence-corrected chi connectivity index (χ4v) is 3.12. The first kappa shape index (κ1) is 15.8. The van der Waals surface area contributed by atoms with Crippen molar-refractivity contribution in [2.24, 2.45) is 0 Å². The van der Waals surface area contributed by atoms with Crippen LogP contribution < -0.4 is 9.47 Å². The molecule has 112 valence electrons. The van der Waals surface area contributed by atoms with Gasteiger partial charge in [0, 0.05) is 0 Å². The second-order valence-electron chi connectivity index (χ2n) is 4.99. The molecule has 0 bridgehead atoms. The minimum atomic E-state index is -0.229. The summed E-state index contributed by atoms with van der Waals surface area (Å²) in [5.74, 6) is 1.12. The minimum Gasteiger partial charge on any atom is -0.493 e. The third kappa shape index (κ3) is 3.38. The summed E-state index contributed by atoms with van der Waals surface area (Å²) in [4.78, 5) is -0.105. The van der Waals surface area contributed by atoms with Crippen molar-refractivity contribution in [1.82, 2.24) is 0 Å². The highest BCUT2D eigenvalue weighted by molar-refractivity contribution is 9.09. The zero-order valence-electron chi connectivity index (χ0n) is 12.5. The maximum Gasteiger partial charge on any atom is 0.161 e. The summed E-state index contributed by atoms with van der Waals surface area (Å²) >= 11 is 3.66. The van der Waals surface area contributed by atoms with Crippen LogP contribution in [0.4, 0.5) is 4.39 Å². The number of ether oxygens (including phenoxy) is 2. The Morgan fingerprint density at radius 1 is 0.952 bits per heavy atom. The topological polar surface area (TPSA) is 18.5 Å². The van der Waals surface area contributed by atoms with Crippen molar-refractivity contribution in [2.75, 3.05) is 14.2 Å². The largest absolute Gasteiger partial charge is 0.493 e. The lowest BCUT2D eigenvalue weighted by molar-refractivity contribution is 0.354. The number of benzene rings is 2. The van der Waals surface area contributed by atoms with Crippen LogP contribution in [-0.2, 0) is 0 Å². The smallest absolute Gasteiger partial charge is 0.161 e. The van der Waals surface area contributed by atoms with E-state index in [0.717, 1.165) is 22.3 Å². The Morgan fingerprint density at radius 2 is 1.57 bits per heavy atom. The summed E-state index contributed by atoms with van der Waals surface area (Å²) in [6.45, 7) is 3.88. The molecular formula is C17H18BrFO2. The SMILES string of the molecule is COc1cc(C)c(C(Br)c2cc(C)cc(F)c2)cc1OC. The molecule has 0 amide bonds. The molecule has 2 rings (SSSR count). The molecule has 0 aliphatic carbocycles. The van der Waals surface area contributed by atoms with E-state index >= 15 is 0 Å². The summed E-state index contributed by atoms with van der Waals surface area (Å²) in [5.41, 5.74) is 3.85. The average Bonchev–Trinajstić information content (AvgIpc) is 2.45. The quantitative estimate of drug-likeness (QED) is 0.725. The van der Waals surface area contributed by atoms with Crippen LogP contribution >= 0.6 is 15.9 Å². The summed E-state index contributed by atoms with van der Waals surface area (Å²) in [7, 11) is 3.21. The van der Waals surface area contributed by atoms with Gasteiger partial charge in [0.2, 0.25) is 0 Å². The molecule has 0 spiro atoms. The van der Waals surface area contributed by atoms with E-state index in [1.165, 1.54) is 6.07 Å². The zero-order valence-corrected chi connectivity index (χ0v) is 14.1. The monoisotopic (exact) mass is 352 g/mol. The van der Waals surface area contributed by atoms with E-state index in [1.807, 2.05) is 32.0 Å². The van der Waals surface area contributed by atoms with Gasteiger partial charge in [-0.05, 0) is 60.4 Å². The van der Waals surface area contributed by atoms with Gasteiger partial charge in [-0.2, -0.15) is 0 Å². The summed E-state index contributed by atoms with van der Waals surface area (Å²) in [6.07, 6.45) is 0. The Morgan fingerprint density at radius 3 is 2.14 bits per heavy atom. The lowest BCUT2D eigenvalue weighted by Gasteiger charge is -2.17. The van der Waals surface area contributed by atoms with Gasteiger partial charge in [-0.25, -0.2) is 4.39 Å². The van der Waals surface area contributed by atoms with Crippen LogP contribution in [0, 0.1) is 19.7 Å². The predicted octanol–water partition coefficient (Wildman–Crippen LogP) is 4.94. The summed E-state index contributed by atoms with van der Waals surface area (Å²) in [6, 6.07) is 8.88. The summed E-state index contributed by atoms with van der Waals surface area (Å²) < 4.78 is 24.2. The molecule has 0 heterocycles. The van der Waals surface area contributed by atoms with Crippen molar-refractivity contribution in [2.45, 2.75) is 18.7 Å². The fourth-order valence-electron chi connectivity index (χ4n) is 2.36. The Hall–Kier alpha value is -1.55. The van der Waals surface area contributed by atoms with Crippen molar-refractivity contribution >= 4 is 15.9 Å². The van der Waals surface area contributed by atoms with E-state index in [1.54, 1.807) is 20.3 Å². The first-order chi connectivity index (χ1) is 9.96. The van der Waals surface area contributed by atoms with E-state index in [4.69, 9.17) is 9.47 Å². The molecule has 2 aromatic rings. The molecule has 2 aromatic carbocycles. The molecule has 21 heavy (non-hydrogen) atoms. The van der Waals surface area contributed by atoms with Crippen LogP contribution in [0.25, 0.3) is 0 Å². The number of rotatable bonds is 4. The molecule has 0 aliphatic rings. The standard InChI is InChI=1S/C17H18BrFO2/c1-10-5-12(8-13(19)6-10)17(18)14-9-16(21-4)15(20-3)7-11(14)2/h5-9,17H,1-4H3. The van der Waals surface area contributed by atoms with Gasteiger partial charge < -0.3 is 9.47 Å². The second-order valence-corrected chi connectivity index (χ2v) is 5.90. The van der Waals surface area contributed by atoms with Crippen LogP contribution in [-0.4, -0.2) is 14.2 Å². The maximum absolute atomic E-state index is 13.6. The molecule has 0 N–H and O–H groups in total. The van der Waals surface area contributed by atoms with E-state index in [2.05, 4.69) is 15.9 Å². The van der Waals surface area contributed by atoms with E-state index in [-0.39, 0.29) is 10.6 Å². The van der Waals surface area contributed by atoms with Crippen molar-refractivity contribution in [3.63, 3.8) is 0 Å². The van der Waals surface area contributed by atoms with Crippen molar-refractivity contribution in [3.05, 3.63) is 58.4 Å². The fraction of sp³-hybridized carbons (Fsp3) is 0.294. The number of alkyl halides is 1. The highest BCUT2D eigenvalue weighted by atomic mass is 79.9. The average molecular weight is 353 g/mol. The van der Waals surface area contributed by atoms with Crippen LogP contribution in [0.3, 0.4) is 0 Å². The third-order valence-electron chi connectivity index (χ3n) is 3.40. The predicted molar refractivity (Wildman–Crippen MR) is 86.2 cm³/mol. The van der Waals surface area contributed by atoms with Gasteiger partial charge in [-0.1, -0.05) is 22.0 Å².